The van der Waals surface area contributed by atoms with E-state index >= 15 is 0 Å². The molecule has 0 aromatic heterocycles. The maximum absolute atomic E-state index is 11.4. The Morgan fingerprint density at radius 2 is 1.50 bits per heavy atom. The van der Waals surface area contributed by atoms with Crippen molar-refractivity contribution in [1.82, 2.24) is 0 Å². The van der Waals surface area contributed by atoms with E-state index in [0.29, 0.717) is 17.8 Å². The summed E-state index contributed by atoms with van der Waals surface area (Å²) in [6, 6.07) is 6.66. The maximum Gasteiger partial charge on any atom is 0.315 e. The van der Waals surface area contributed by atoms with Crippen LogP contribution < -0.4 is 10.6 Å². The van der Waals surface area contributed by atoms with Crippen molar-refractivity contribution in [2.24, 2.45) is 0 Å². The number of carbonyl (C=O) groups is 3. The van der Waals surface area contributed by atoms with Gasteiger partial charge in [0.1, 0.15) is 6.42 Å². The van der Waals surface area contributed by atoms with Gasteiger partial charge in [0, 0.05) is 17.8 Å². The van der Waals surface area contributed by atoms with Crippen molar-refractivity contribution in [2.45, 2.75) is 26.2 Å². The third kappa shape index (κ3) is 5.51. The van der Waals surface area contributed by atoms with Crippen molar-refractivity contribution in [1.29, 1.82) is 0 Å². The zero-order valence-corrected chi connectivity index (χ0v) is 11.6. The molecule has 0 bridgehead atoms. The van der Waals surface area contributed by atoms with Crippen LogP contribution in [-0.2, 0) is 19.1 Å². The molecule has 2 N–H and O–H groups in total. The molecule has 2 amide bonds. The van der Waals surface area contributed by atoms with Gasteiger partial charge in [-0.1, -0.05) is 6.92 Å². The predicted molar refractivity (Wildman–Crippen MR) is 75.2 cm³/mol. The molecular formula is C14H18N2O4. The summed E-state index contributed by atoms with van der Waals surface area (Å²) in [6.45, 7) is 1.93. The largest absolute Gasteiger partial charge is 0.469 e. The van der Waals surface area contributed by atoms with Crippen molar-refractivity contribution in [2.75, 3.05) is 17.7 Å². The molecule has 0 heterocycles. The molecule has 20 heavy (non-hydrogen) atoms. The second-order valence-electron chi connectivity index (χ2n) is 4.18. The van der Waals surface area contributed by atoms with Gasteiger partial charge in [-0.25, -0.2) is 0 Å². The number of esters is 1. The van der Waals surface area contributed by atoms with Gasteiger partial charge in [-0.2, -0.15) is 0 Å². The molecular weight excluding hydrogens is 260 g/mol. The Morgan fingerprint density at radius 3 is 1.95 bits per heavy atom. The lowest BCUT2D eigenvalue weighted by molar-refractivity contribution is -0.142. The minimum absolute atomic E-state index is 0.0463. The van der Waals surface area contributed by atoms with Crippen molar-refractivity contribution in [3.05, 3.63) is 24.3 Å². The van der Waals surface area contributed by atoms with Crippen molar-refractivity contribution in [3.8, 4) is 0 Å². The van der Waals surface area contributed by atoms with Gasteiger partial charge in [0.25, 0.3) is 0 Å². The van der Waals surface area contributed by atoms with Gasteiger partial charge in [-0.15, -0.1) is 0 Å². The van der Waals surface area contributed by atoms with Gasteiger partial charge >= 0.3 is 5.97 Å². The summed E-state index contributed by atoms with van der Waals surface area (Å²) in [7, 11) is 1.23. The van der Waals surface area contributed by atoms with Crippen LogP contribution in [0.2, 0.25) is 0 Å². The van der Waals surface area contributed by atoms with Gasteiger partial charge in [-0.3, -0.25) is 14.4 Å². The lowest BCUT2D eigenvalue weighted by Gasteiger charge is -2.07. The van der Waals surface area contributed by atoms with Crippen LogP contribution in [0.5, 0.6) is 0 Å². The van der Waals surface area contributed by atoms with Crippen molar-refractivity contribution in [3.63, 3.8) is 0 Å². The van der Waals surface area contributed by atoms with E-state index in [9.17, 15) is 14.4 Å². The summed E-state index contributed by atoms with van der Waals surface area (Å²) < 4.78 is 4.40. The SMILES string of the molecule is CCCC(=O)Nc1ccc(NC(=O)CC(=O)OC)cc1. The molecule has 6 nitrogen and oxygen atoms in total. The summed E-state index contributed by atoms with van der Waals surface area (Å²) in [5, 5.41) is 5.30. The predicted octanol–water partition coefficient (Wildman–Crippen LogP) is 1.93. The fraction of sp³-hybridized carbons (Fsp3) is 0.357. The minimum Gasteiger partial charge on any atom is -0.469 e. The number of amides is 2. The van der Waals surface area contributed by atoms with E-state index in [1.165, 1.54) is 7.11 Å². The number of methoxy groups -OCH3 is 1. The number of anilines is 2. The number of rotatable bonds is 6. The third-order valence-electron chi connectivity index (χ3n) is 2.46. The second kappa shape index (κ2) is 7.93. The molecule has 0 unspecified atom stereocenters. The number of nitrogens with one attached hydrogen (secondary N) is 2. The maximum atomic E-state index is 11.4. The number of carbonyl (C=O) groups excluding carboxylic acids is 3. The van der Waals surface area contributed by atoms with Crippen LogP contribution in [0.25, 0.3) is 0 Å². The molecule has 0 fully saturated rings. The molecule has 1 rings (SSSR count). The van der Waals surface area contributed by atoms with E-state index in [1.807, 2.05) is 6.92 Å². The molecule has 0 aliphatic carbocycles. The molecule has 0 aliphatic rings. The van der Waals surface area contributed by atoms with Crippen LogP contribution in [0.1, 0.15) is 26.2 Å². The Kier molecular flexibility index (Phi) is 6.22. The van der Waals surface area contributed by atoms with Crippen LogP contribution >= 0.6 is 0 Å². The van der Waals surface area contributed by atoms with Gasteiger partial charge in [0.05, 0.1) is 7.11 Å². The summed E-state index contributed by atoms with van der Waals surface area (Å²) in [5.41, 5.74) is 1.21. The lowest BCUT2D eigenvalue weighted by Crippen LogP contribution is -2.17. The monoisotopic (exact) mass is 278 g/mol. The number of ether oxygens (including phenoxy) is 1. The highest BCUT2D eigenvalue weighted by atomic mass is 16.5. The Balaban J connectivity index is 2.52. The summed E-state index contributed by atoms with van der Waals surface area (Å²) in [4.78, 5) is 33.8. The Morgan fingerprint density at radius 1 is 1.00 bits per heavy atom. The van der Waals surface area contributed by atoms with E-state index in [0.717, 1.165) is 6.42 Å². The van der Waals surface area contributed by atoms with Crippen LogP contribution in [0, 0.1) is 0 Å². The van der Waals surface area contributed by atoms with Gasteiger partial charge in [0.15, 0.2) is 0 Å². The Bertz CT molecular complexity index is 482. The molecule has 1 aromatic rings. The third-order valence-corrected chi connectivity index (χ3v) is 2.46. The van der Waals surface area contributed by atoms with Crippen LogP contribution in [-0.4, -0.2) is 24.9 Å². The van der Waals surface area contributed by atoms with Crippen LogP contribution in [0.4, 0.5) is 11.4 Å². The normalized spacial score (nSPS) is 9.70. The molecule has 108 valence electrons. The standard InChI is InChI=1S/C14H18N2O4/c1-3-4-12(17)15-10-5-7-11(8-6-10)16-13(18)9-14(19)20-2/h5-8H,3-4,9H2,1-2H3,(H,15,17)(H,16,18). The van der Waals surface area contributed by atoms with Crippen LogP contribution in [0.3, 0.4) is 0 Å². The highest BCUT2D eigenvalue weighted by Crippen LogP contribution is 2.14. The zero-order valence-electron chi connectivity index (χ0n) is 11.6. The topological polar surface area (TPSA) is 84.5 Å². The number of benzene rings is 1. The van der Waals surface area contributed by atoms with Gasteiger partial charge in [-0.05, 0) is 30.7 Å². The molecule has 0 radical (unpaired) electrons. The number of hydrogen-bond acceptors (Lipinski definition) is 4. The first-order chi connectivity index (χ1) is 9.55. The fourth-order valence-corrected chi connectivity index (χ4v) is 1.50. The zero-order chi connectivity index (χ0) is 15.0. The van der Waals surface area contributed by atoms with E-state index in [-0.39, 0.29) is 12.3 Å². The molecule has 0 saturated carbocycles. The van der Waals surface area contributed by atoms with E-state index in [4.69, 9.17) is 0 Å². The van der Waals surface area contributed by atoms with E-state index < -0.39 is 11.9 Å². The smallest absolute Gasteiger partial charge is 0.315 e. The molecule has 0 saturated heterocycles. The van der Waals surface area contributed by atoms with E-state index in [1.54, 1.807) is 24.3 Å². The highest BCUT2D eigenvalue weighted by Gasteiger charge is 2.09. The summed E-state index contributed by atoms with van der Waals surface area (Å²) in [5.74, 6) is -1.08. The minimum atomic E-state index is -0.592. The summed E-state index contributed by atoms with van der Waals surface area (Å²) in [6.07, 6.45) is 0.927. The quantitative estimate of drug-likeness (QED) is 0.615. The molecule has 6 heteroatoms. The first-order valence-electron chi connectivity index (χ1n) is 6.31. The molecule has 0 spiro atoms. The number of hydrogen-bond donors (Lipinski definition) is 2. The van der Waals surface area contributed by atoms with E-state index in [2.05, 4.69) is 15.4 Å². The average Bonchev–Trinajstić information content (AvgIpc) is 2.41. The first-order valence-corrected chi connectivity index (χ1v) is 6.31. The molecule has 0 atom stereocenters. The fourth-order valence-electron chi connectivity index (χ4n) is 1.50. The highest BCUT2D eigenvalue weighted by molar-refractivity contribution is 6.02. The molecule has 1 aromatic carbocycles. The first kappa shape index (κ1) is 15.7. The van der Waals surface area contributed by atoms with Crippen molar-refractivity contribution < 1.29 is 19.1 Å². The lowest BCUT2D eigenvalue weighted by atomic mass is 10.2. The Hall–Kier alpha value is -2.37. The Labute approximate surface area is 117 Å². The van der Waals surface area contributed by atoms with Crippen molar-refractivity contribution >= 4 is 29.2 Å². The van der Waals surface area contributed by atoms with Gasteiger partial charge in [0.2, 0.25) is 11.8 Å². The second-order valence-corrected chi connectivity index (χ2v) is 4.18. The summed E-state index contributed by atoms with van der Waals surface area (Å²) >= 11 is 0. The molecule has 0 aliphatic heterocycles. The van der Waals surface area contributed by atoms with Crippen LogP contribution in [0.15, 0.2) is 24.3 Å². The van der Waals surface area contributed by atoms with Gasteiger partial charge < -0.3 is 15.4 Å². The average molecular weight is 278 g/mol.